The molecule has 13 heteroatoms. The summed E-state index contributed by atoms with van der Waals surface area (Å²) in [6.07, 6.45) is 10.4. The largest absolute Gasteiger partial charge is 0.460 e. The molecule has 1 saturated carbocycles. The highest BCUT2D eigenvalue weighted by atomic mass is 79.9. The Bertz CT molecular complexity index is 1650. The number of hydrogen-bond donors (Lipinski definition) is 0. The Hall–Kier alpha value is -2.71. The molecule has 63 heavy (non-hydrogen) atoms. The molecule has 1 unspecified atom stereocenters. The molecule has 0 aromatic heterocycles. The van der Waals surface area contributed by atoms with Crippen LogP contribution in [0.3, 0.4) is 0 Å². The summed E-state index contributed by atoms with van der Waals surface area (Å²) in [5.41, 5.74) is 0.421. The lowest BCUT2D eigenvalue weighted by Gasteiger charge is -2.48. The second kappa shape index (κ2) is 24.7. The fourth-order valence-electron chi connectivity index (χ4n) is 10.4. The Morgan fingerprint density at radius 1 is 0.937 bits per heavy atom. The van der Waals surface area contributed by atoms with Crippen LogP contribution in [0.5, 0.6) is 0 Å². The number of halogens is 1. The first-order valence-corrected chi connectivity index (χ1v) is 24.6. The van der Waals surface area contributed by atoms with Gasteiger partial charge in [0.05, 0.1) is 18.3 Å². The van der Waals surface area contributed by atoms with E-state index in [-0.39, 0.29) is 78.5 Å². The van der Waals surface area contributed by atoms with Gasteiger partial charge >= 0.3 is 11.9 Å². The number of Topliss-reactive ketones (excluding diaryl/α,β-unsaturated/α-hetero) is 2. The van der Waals surface area contributed by atoms with Gasteiger partial charge in [0.25, 0.3) is 11.7 Å². The molecule has 3 fully saturated rings. The van der Waals surface area contributed by atoms with Crippen LogP contribution in [-0.2, 0) is 52.4 Å². The van der Waals surface area contributed by atoms with E-state index in [2.05, 4.69) is 48.5 Å². The molecule has 3 aliphatic heterocycles. The molecular formula is C50H78BrNO11. The number of methoxy groups -OCH3 is 3. The number of esters is 2. The minimum absolute atomic E-state index is 0.0516. The van der Waals surface area contributed by atoms with Crippen molar-refractivity contribution in [1.82, 2.24) is 4.90 Å². The monoisotopic (exact) mass is 947 g/mol. The van der Waals surface area contributed by atoms with Crippen molar-refractivity contribution in [1.29, 1.82) is 0 Å². The molecule has 12 nitrogen and oxygen atoms in total. The SMILES string of the molecule is C=CC[C@@H]1/C=C(\C)C[C@H](C)C[C@H](OC)[C@H]2O[C@@](C)(C(=O)C(=O)N3CCCC[C@H]3C(=O)O[C@H](/C(C)=C/C3CC[C@@H](OC(=O)CCCBr)[C@H](OC)C3)[C@H](C)[C@@H](C)CC1=O)[C@H](C)C[C@@H]2OC. The maximum Gasteiger partial charge on any atom is 0.329 e. The van der Waals surface area contributed by atoms with Crippen LogP contribution < -0.4 is 0 Å². The van der Waals surface area contributed by atoms with Gasteiger partial charge in [0, 0.05) is 57.9 Å². The Labute approximate surface area is 386 Å². The van der Waals surface area contributed by atoms with Crippen molar-refractivity contribution < 1.29 is 52.4 Å². The molecule has 2 bridgehead atoms. The smallest absolute Gasteiger partial charge is 0.329 e. The van der Waals surface area contributed by atoms with Gasteiger partial charge in [-0.15, -0.1) is 6.58 Å². The molecule has 0 radical (unpaired) electrons. The zero-order valence-electron chi connectivity index (χ0n) is 39.9. The van der Waals surface area contributed by atoms with Crippen molar-refractivity contribution in [3.63, 3.8) is 0 Å². The lowest BCUT2D eigenvalue weighted by atomic mass is 9.76. The molecule has 1 amide bonds. The Balaban J connectivity index is 1.74. The highest BCUT2D eigenvalue weighted by molar-refractivity contribution is 9.09. The predicted molar refractivity (Wildman–Crippen MR) is 246 cm³/mol. The fourth-order valence-corrected chi connectivity index (χ4v) is 10.7. The number of allylic oxidation sites excluding steroid dienone is 4. The zero-order chi connectivity index (χ0) is 46.6. The number of carbonyl (C=O) groups is 5. The average Bonchev–Trinajstić information content (AvgIpc) is 3.26. The number of rotatable bonds is 11. The molecule has 14 atom stereocenters. The molecular weight excluding hydrogens is 870 g/mol. The number of ether oxygens (including phenoxy) is 6. The fraction of sp³-hybridized carbons (Fsp3) is 0.780. The van der Waals surface area contributed by atoms with Crippen LogP contribution in [0, 0.1) is 35.5 Å². The lowest BCUT2D eigenvalue weighted by molar-refractivity contribution is -0.229. The number of piperidine rings is 1. The van der Waals surface area contributed by atoms with E-state index in [0.29, 0.717) is 70.6 Å². The van der Waals surface area contributed by atoms with E-state index in [9.17, 15) is 24.0 Å². The molecule has 4 aliphatic rings. The van der Waals surface area contributed by atoms with E-state index in [0.717, 1.165) is 22.9 Å². The second-order valence-electron chi connectivity index (χ2n) is 19.3. The predicted octanol–water partition coefficient (Wildman–Crippen LogP) is 8.71. The van der Waals surface area contributed by atoms with Crippen molar-refractivity contribution in [3.05, 3.63) is 36.0 Å². The standard InChI is InChI=1S/C50H78BrNO11/c1-12-16-37-24-30(2)23-31(3)25-42(59-10)46-43(60-11)28-34(6)50(8,63-46)47(55)48(56)52-22-14-13-17-38(52)49(57)62-45(35(7)32(4)27-39(37)53)33(5)26-36-19-20-40(41(29-36)58-9)61-44(54)18-15-21-51/h12,24,26,31-32,34-38,40-43,45-46H,1,13-23,25,27-29H2,2-11H3/b30-24+,33-26+/t31-,32-,34+,35+,36?,37+,38-,40+,41+,42-,43-,45+,46+,50+/m0/s1. The minimum atomic E-state index is -1.49. The number of carbonyl (C=O) groups excluding carboxylic acids is 5. The van der Waals surface area contributed by atoms with Gasteiger partial charge in [-0.05, 0) is 121 Å². The van der Waals surface area contributed by atoms with E-state index in [1.165, 1.54) is 4.90 Å². The molecule has 0 N–H and O–H groups in total. The van der Waals surface area contributed by atoms with Gasteiger partial charge in [0.15, 0.2) is 0 Å². The minimum Gasteiger partial charge on any atom is -0.460 e. The van der Waals surface area contributed by atoms with Crippen LogP contribution >= 0.6 is 15.9 Å². The van der Waals surface area contributed by atoms with Gasteiger partial charge in [-0.2, -0.15) is 0 Å². The molecule has 2 saturated heterocycles. The number of nitrogens with zero attached hydrogens (tertiary/aromatic N) is 1. The van der Waals surface area contributed by atoms with Crippen LogP contribution in [0.25, 0.3) is 0 Å². The number of fused-ring (bicyclic) bond motifs is 3. The first-order valence-electron chi connectivity index (χ1n) is 23.5. The molecule has 1 aliphatic carbocycles. The maximum absolute atomic E-state index is 14.6. The quantitative estimate of drug-likeness (QED) is 0.0849. The number of hydrogen-bond acceptors (Lipinski definition) is 11. The summed E-state index contributed by atoms with van der Waals surface area (Å²) in [5.74, 6) is -3.19. The summed E-state index contributed by atoms with van der Waals surface area (Å²) in [7, 11) is 4.89. The second-order valence-corrected chi connectivity index (χ2v) is 20.1. The van der Waals surface area contributed by atoms with Crippen LogP contribution in [0.4, 0.5) is 0 Å². The number of amides is 1. The molecule has 3 heterocycles. The van der Waals surface area contributed by atoms with Crippen molar-refractivity contribution in [2.45, 2.75) is 180 Å². The summed E-state index contributed by atoms with van der Waals surface area (Å²) >= 11 is 3.38. The van der Waals surface area contributed by atoms with Crippen LogP contribution in [0.15, 0.2) is 36.0 Å². The number of alkyl halides is 1. The topological polar surface area (TPSA) is 144 Å². The van der Waals surface area contributed by atoms with E-state index in [4.69, 9.17) is 28.4 Å². The van der Waals surface area contributed by atoms with E-state index in [1.807, 2.05) is 27.7 Å². The number of ketones is 2. The van der Waals surface area contributed by atoms with Gasteiger partial charge < -0.3 is 33.3 Å². The van der Waals surface area contributed by atoms with Gasteiger partial charge in [0.2, 0.25) is 0 Å². The van der Waals surface area contributed by atoms with Crippen molar-refractivity contribution in [2.75, 3.05) is 33.2 Å². The van der Waals surface area contributed by atoms with Crippen LogP contribution in [-0.4, -0.2) is 116 Å². The summed E-state index contributed by atoms with van der Waals surface area (Å²) in [6.45, 7) is 18.0. The van der Waals surface area contributed by atoms with Crippen molar-refractivity contribution >= 4 is 45.3 Å². The van der Waals surface area contributed by atoms with Gasteiger partial charge in [-0.3, -0.25) is 19.2 Å². The third-order valence-corrected chi connectivity index (χ3v) is 15.1. The average molecular weight is 949 g/mol. The molecule has 0 spiro atoms. The van der Waals surface area contributed by atoms with Crippen LogP contribution in [0.2, 0.25) is 0 Å². The summed E-state index contributed by atoms with van der Waals surface area (Å²) < 4.78 is 37.0. The maximum atomic E-state index is 14.6. The van der Waals surface area contributed by atoms with E-state index < -0.39 is 47.6 Å². The Morgan fingerprint density at radius 3 is 2.27 bits per heavy atom. The van der Waals surface area contributed by atoms with E-state index in [1.54, 1.807) is 34.3 Å². The Kier molecular flexibility index (Phi) is 20.8. The normalized spacial score (nSPS) is 38.1. The van der Waals surface area contributed by atoms with Crippen LogP contribution in [0.1, 0.15) is 132 Å². The summed E-state index contributed by atoms with van der Waals surface area (Å²) in [4.78, 5) is 71.9. The molecule has 4 rings (SSSR count). The molecule has 356 valence electrons. The van der Waals surface area contributed by atoms with E-state index >= 15 is 0 Å². The number of cyclic esters (lactones) is 1. The summed E-state index contributed by atoms with van der Waals surface area (Å²) in [5, 5.41) is 0.724. The highest BCUT2D eigenvalue weighted by Gasteiger charge is 2.54. The third-order valence-electron chi connectivity index (χ3n) is 14.5. The molecule has 0 aromatic rings. The lowest BCUT2D eigenvalue weighted by Crippen LogP contribution is -2.63. The third kappa shape index (κ3) is 13.7. The van der Waals surface area contributed by atoms with Crippen molar-refractivity contribution in [2.24, 2.45) is 35.5 Å². The highest BCUT2D eigenvalue weighted by Crippen LogP contribution is 2.41. The Morgan fingerprint density at radius 2 is 1.62 bits per heavy atom. The summed E-state index contributed by atoms with van der Waals surface area (Å²) in [6, 6.07) is -0.973. The van der Waals surface area contributed by atoms with Crippen molar-refractivity contribution in [3.8, 4) is 0 Å². The molecule has 0 aromatic carbocycles. The zero-order valence-corrected chi connectivity index (χ0v) is 41.5. The van der Waals surface area contributed by atoms with Gasteiger partial charge in [-0.1, -0.05) is 67.4 Å². The van der Waals surface area contributed by atoms with Gasteiger partial charge in [-0.25, -0.2) is 4.79 Å². The first-order chi connectivity index (χ1) is 29.9. The first kappa shape index (κ1) is 52.9. The van der Waals surface area contributed by atoms with Gasteiger partial charge in [0.1, 0.15) is 35.7 Å².